The van der Waals surface area contributed by atoms with Gasteiger partial charge in [-0.05, 0) is 18.6 Å². The first-order valence-electron chi connectivity index (χ1n) is 3.84. The van der Waals surface area contributed by atoms with Gasteiger partial charge in [-0.1, -0.05) is 0 Å². The van der Waals surface area contributed by atoms with Gasteiger partial charge in [0.2, 0.25) is 5.88 Å². The summed E-state index contributed by atoms with van der Waals surface area (Å²) < 4.78 is 29.3. The minimum Gasteiger partial charge on any atom is -0.480 e. The number of pyridine rings is 1. The van der Waals surface area contributed by atoms with E-state index in [0.29, 0.717) is 5.56 Å². The van der Waals surface area contributed by atoms with E-state index in [0.717, 1.165) is 0 Å². The summed E-state index contributed by atoms with van der Waals surface area (Å²) in [7, 11) is 1.29. The van der Waals surface area contributed by atoms with Crippen LogP contribution in [0.2, 0.25) is 0 Å². The maximum Gasteiger partial charge on any atom is 0.280 e. The highest BCUT2D eigenvalue weighted by molar-refractivity contribution is 5.45. The third-order valence-electron chi connectivity index (χ3n) is 1.73. The predicted octanol–water partition coefficient (Wildman–Crippen LogP) is 2.21. The molecule has 1 aromatic heterocycles. The third-order valence-corrected chi connectivity index (χ3v) is 1.73. The lowest BCUT2D eigenvalue weighted by molar-refractivity contribution is 0.145. The second kappa shape index (κ2) is 4.01. The lowest BCUT2D eigenvalue weighted by Gasteiger charge is -2.07. The van der Waals surface area contributed by atoms with Gasteiger partial charge in [0.1, 0.15) is 17.3 Å². The number of aryl methyl sites for hydroxylation is 1. The molecule has 1 rings (SSSR count). The van der Waals surface area contributed by atoms with E-state index < -0.39 is 6.43 Å². The molecule has 14 heavy (non-hydrogen) atoms. The average Bonchev–Trinajstić information content (AvgIpc) is 2.16. The van der Waals surface area contributed by atoms with Gasteiger partial charge in [0.05, 0.1) is 7.11 Å². The first kappa shape index (κ1) is 10.4. The van der Waals surface area contributed by atoms with Crippen LogP contribution in [0.4, 0.5) is 8.78 Å². The van der Waals surface area contributed by atoms with Crippen molar-refractivity contribution in [1.29, 1.82) is 5.26 Å². The summed E-state index contributed by atoms with van der Waals surface area (Å²) in [4.78, 5) is 3.53. The Morgan fingerprint density at radius 3 is 2.64 bits per heavy atom. The van der Waals surface area contributed by atoms with Crippen molar-refractivity contribution in [2.75, 3.05) is 7.11 Å². The molecule has 0 saturated heterocycles. The molecule has 0 aromatic carbocycles. The van der Waals surface area contributed by atoms with Crippen LogP contribution >= 0.6 is 0 Å². The van der Waals surface area contributed by atoms with Crippen LogP contribution in [0.3, 0.4) is 0 Å². The van der Waals surface area contributed by atoms with Gasteiger partial charge < -0.3 is 4.74 Å². The maximum absolute atomic E-state index is 12.3. The molecule has 0 aliphatic carbocycles. The van der Waals surface area contributed by atoms with E-state index in [4.69, 9.17) is 10.00 Å². The summed E-state index contributed by atoms with van der Waals surface area (Å²) in [5, 5.41) is 8.70. The Morgan fingerprint density at radius 2 is 2.21 bits per heavy atom. The molecule has 0 atom stereocenters. The Kier molecular flexibility index (Phi) is 2.97. The van der Waals surface area contributed by atoms with Crippen molar-refractivity contribution in [3.63, 3.8) is 0 Å². The number of ether oxygens (including phenoxy) is 1. The quantitative estimate of drug-likeness (QED) is 0.731. The van der Waals surface area contributed by atoms with Crippen LogP contribution in [-0.2, 0) is 0 Å². The molecule has 0 spiro atoms. The number of alkyl halides is 2. The fourth-order valence-corrected chi connectivity index (χ4v) is 1.06. The molecule has 0 amide bonds. The lowest BCUT2D eigenvalue weighted by atomic mass is 10.1. The summed E-state index contributed by atoms with van der Waals surface area (Å²) in [6.45, 7) is 1.56. The van der Waals surface area contributed by atoms with Crippen molar-refractivity contribution < 1.29 is 13.5 Å². The first-order chi connectivity index (χ1) is 6.60. The zero-order valence-corrected chi connectivity index (χ0v) is 7.71. The number of halogens is 2. The number of aromatic nitrogens is 1. The summed E-state index contributed by atoms with van der Waals surface area (Å²) in [6, 6.07) is 3.03. The Balaban J connectivity index is 3.33. The summed E-state index contributed by atoms with van der Waals surface area (Å²) in [5.74, 6) is -0.0530. The molecule has 0 unspecified atom stereocenters. The SMILES string of the molecule is COc1nc(C(F)F)cc(C)c1C#N. The van der Waals surface area contributed by atoms with Gasteiger partial charge >= 0.3 is 0 Å². The Bertz CT molecular complexity index is 385. The largest absolute Gasteiger partial charge is 0.480 e. The molecule has 3 nitrogen and oxygen atoms in total. The van der Waals surface area contributed by atoms with E-state index in [1.54, 1.807) is 6.92 Å². The van der Waals surface area contributed by atoms with Gasteiger partial charge in [-0.25, -0.2) is 13.8 Å². The molecule has 1 heterocycles. The Morgan fingerprint density at radius 1 is 1.57 bits per heavy atom. The molecule has 0 N–H and O–H groups in total. The van der Waals surface area contributed by atoms with Crippen LogP contribution in [0, 0.1) is 18.3 Å². The fourth-order valence-electron chi connectivity index (χ4n) is 1.06. The molecule has 1 aromatic rings. The first-order valence-corrected chi connectivity index (χ1v) is 3.84. The Hall–Kier alpha value is -1.70. The lowest BCUT2D eigenvalue weighted by Crippen LogP contribution is -1.99. The number of methoxy groups -OCH3 is 1. The summed E-state index contributed by atoms with van der Waals surface area (Å²) in [6.07, 6.45) is -2.66. The molecule has 0 aliphatic heterocycles. The van der Waals surface area contributed by atoms with Gasteiger partial charge in [-0.15, -0.1) is 0 Å². The molecule has 5 heteroatoms. The number of hydrogen-bond donors (Lipinski definition) is 0. The van der Waals surface area contributed by atoms with Gasteiger partial charge in [-0.2, -0.15) is 5.26 Å². The van der Waals surface area contributed by atoms with Crippen LogP contribution in [0.25, 0.3) is 0 Å². The van der Waals surface area contributed by atoms with Crippen molar-refractivity contribution in [2.24, 2.45) is 0 Å². The summed E-state index contributed by atoms with van der Waals surface area (Å²) >= 11 is 0. The van der Waals surface area contributed by atoms with E-state index in [9.17, 15) is 8.78 Å². The van der Waals surface area contributed by atoms with Gasteiger partial charge in [0.15, 0.2) is 0 Å². The van der Waals surface area contributed by atoms with Crippen molar-refractivity contribution in [3.05, 3.63) is 22.9 Å². The zero-order valence-electron chi connectivity index (χ0n) is 7.71. The van der Waals surface area contributed by atoms with E-state index in [1.165, 1.54) is 13.2 Å². The van der Waals surface area contributed by atoms with Crippen LogP contribution in [-0.4, -0.2) is 12.1 Å². The number of rotatable bonds is 2. The van der Waals surface area contributed by atoms with E-state index in [-0.39, 0.29) is 17.1 Å². The van der Waals surface area contributed by atoms with Gasteiger partial charge in [0.25, 0.3) is 6.43 Å². The van der Waals surface area contributed by atoms with Crippen LogP contribution in [0.1, 0.15) is 23.2 Å². The maximum atomic E-state index is 12.3. The van der Waals surface area contributed by atoms with Crippen LogP contribution in [0.5, 0.6) is 5.88 Å². The smallest absolute Gasteiger partial charge is 0.280 e. The molecule has 0 bridgehead atoms. The average molecular weight is 198 g/mol. The van der Waals surface area contributed by atoms with E-state index in [1.807, 2.05) is 6.07 Å². The van der Waals surface area contributed by atoms with Crippen LogP contribution < -0.4 is 4.74 Å². The molecule has 0 fully saturated rings. The van der Waals surface area contributed by atoms with E-state index >= 15 is 0 Å². The monoisotopic (exact) mass is 198 g/mol. The Labute approximate surface area is 79.9 Å². The molecular weight excluding hydrogens is 190 g/mol. The molecule has 74 valence electrons. The van der Waals surface area contributed by atoms with Crippen LogP contribution in [0.15, 0.2) is 6.07 Å². The highest BCUT2D eigenvalue weighted by atomic mass is 19.3. The normalized spacial score (nSPS) is 10.0. The zero-order chi connectivity index (χ0) is 10.7. The summed E-state index contributed by atoms with van der Waals surface area (Å²) in [5.41, 5.74) is 0.255. The van der Waals surface area contributed by atoms with Gasteiger partial charge in [-0.3, -0.25) is 0 Å². The highest BCUT2D eigenvalue weighted by Crippen LogP contribution is 2.25. The number of nitrogens with zero attached hydrogens (tertiary/aromatic N) is 2. The second-order valence-electron chi connectivity index (χ2n) is 2.66. The van der Waals surface area contributed by atoms with Gasteiger partial charge in [0, 0.05) is 0 Å². The number of nitriles is 1. The van der Waals surface area contributed by atoms with Crippen molar-refractivity contribution in [3.8, 4) is 11.9 Å². The van der Waals surface area contributed by atoms with Crippen molar-refractivity contribution in [1.82, 2.24) is 4.98 Å². The highest BCUT2D eigenvalue weighted by Gasteiger charge is 2.15. The minimum absolute atomic E-state index is 0.0530. The topological polar surface area (TPSA) is 45.9 Å². The minimum atomic E-state index is -2.66. The molecular formula is C9H8F2N2O. The standard InChI is InChI=1S/C9H8F2N2O/c1-5-3-7(8(10)11)13-9(14-2)6(5)4-12/h3,8H,1-2H3. The van der Waals surface area contributed by atoms with E-state index in [2.05, 4.69) is 4.98 Å². The molecule has 0 aliphatic rings. The number of hydrogen-bond acceptors (Lipinski definition) is 3. The predicted molar refractivity (Wildman–Crippen MR) is 45.2 cm³/mol. The van der Waals surface area contributed by atoms with Crippen molar-refractivity contribution >= 4 is 0 Å². The molecule has 0 radical (unpaired) electrons. The van der Waals surface area contributed by atoms with Crippen molar-refractivity contribution in [2.45, 2.75) is 13.3 Å². The second-order valence-corrected chi connectivity index (χ2v) is 2.66. The fraction of sp³-hybridized carbons (Fsp3) is 0.333. The third kappa shape index (κ3) is 1.79. The molecule has 0 saturated carbocycles.